The largest absolute Gasteiger partial charge is 0.381 e. The Morgan fingerprint density at radius 1 is 1.15 bits per heavy atom. The van der Waals surface area contributed by atoms with Gasteiger partial charge in [-0.05, 0) is 38.3 Å². The van der Waals surface area contributed by atoms with Gasteiger partial charge in [0.1, 0.15) is 0 Å². The van der Waals surface area contributed by atoms with Crippen LogP contribution in [0.25, 0.3) is 11.0 Å². The van der Waals surface area contributed by atoms with E-state index in [0.29, 0.717) is 29.9 Å². The van der Waals surface area contributed by atoms with Gasteiger partial charge >= 0.3 is 6.03 Å². The maximum absolute atomic E-state index is 16.1. The number of nitrogens with zero attached hydrogens (tertiary/aromatic N) is 2. The summed E-state index contributed by atoms with van der Waals surface area (Å²) in [7, 11) is 0. The molecule has 1 spiro atoms. The van der Waals surface area contributed by atoms with Crippen molar-refractivity contribution in [2.75, 3.05) is 24.7 Å². The van der Waals surface area contributed by atoms with Crippen LogP contribution in [0.4, 0.5) is 14.9 Å². The highest BCUT2D eigenvalue weighted by Gasteiger charge is 2.63. The molecule has 5 heterocycles. The summed E-state index contributed by atoms with van der Waals surface area (Å²) in [6.07, 6.45) is 0.564. The molecule has 1 aromatic heterocycles. The molecule has 0 radical (unpaired) electrons. The quantitative estimate of drug-likeness (QED) is 0.602. The van der Waals surface area contributed by atoms with Gasteiger partial charge < -0.3 is 18.9 Å². The molecule has 4 aliphatic rings. The number of hydrogen-bond acceptors (Lipinski definition) is 8. The Morgan fingerprint density at radius 2 is 1.85 bits per heavy atom. The maximum atomic E-state index is 16.1. The second-order valence-corrected chi connectivity index (χ2v) is 9.66. The molecule has 0 bridgehead atoms. The van der Waals surface area contributed by atoms with Crippen molar-refractivity contribution in [3.05, 3.63) is 23.1 Å². The zero-order valence-electron chi connectivity index (χ0n) is 18.9. The van der Waals surface area contributed by atoms with E-state index < -0.39 is 41.2 Å². The summed E-state index contributed by atoms with van der Waals surface area (Å²) >= 11 is 0. The topological polar surface area (TPSA) is 123 Å². The molecule has 180 valence electrons. The minimum absolute atomic E-state index is 0.0643. The van der Waals surface area contributed by atoms with Crippen LogP contribution in [0.5, 0.6) is 0 Å². The first-order valence-corrected chi connectivity index (χ1v) is 11.6. The number of rotatable bonds is 1. The van der Waals surface area contributed by atoms with Crippen LogP contribution in [0.15, 0.2) is 10.6 Å². The molecule has 3 saturated heterocycles. The summed E-state index contributed by atoms with van der Waals surface area (Å²) in [6, 6.07) is 0.113. The van der Waals surface area contributed by atoms with Crippen molar-refractivity contribution in [1.82, 2.24) is 15.8 Å². The lowest BCUT2D eigenvalue weighted by Crippen LogP contribution is -2.75. The Morgan fingerprint density at radius 3 is 2.56 bits per heavy atom. The fourth-order valence-corrected chi connectivity index (χ4v) is 6.23. The summed E-state index contributed by atoms with van der Waals surface area (Å²) in [5.74, 6) is -1.91. The molecule has 34 heavy (non-hydrogen) atoms. The first-order chi connectivity index (χ1) is 16.3. The average Bonchev–Trinajstić information content (AvgIpc) is 3.21. The summed E-state index contributed by atoms with van der Waals surface area (Å²) in [4.78, 5) is 40.2. The van der Waals surface area contributed by atoms with E-state index in [1.165, 1.54) is 0 Å². The number of morpholine rings is 1. The lowest BCUT2D eigenvalue weighted by Gasteiger charge is -2.55. The van der Waals surface area contributed by atoms with Crippen molar-refractivity contribution in [2.24, 2.45) is 5.41 Å². The highest BCUT2D eigenvalue weighted by atomic mass is 19.1. The summed E-state index contributed by atoms with van der Waals surface area (Å²) in [5, 5.41) is 9.24. The normalized spacial score (nSPS) is 29.1. The van der Waals surface area contributed by atoms with Crippen LogP contribution in [-0.4, -0.2) is 61.0 Å². The van der Waals surface area contributed by atoms with Gasteiger partial charge in [-0.3, -0.25) is 20.2 Å². The molecule has 4 aliphatic heterocycles. The summed E-state index contributed by atoms with van der Waals surface area (Å²) < 4.78 is 33.0. The summed E-state index contributed by atoms with van der Waals surface area (Å²) in [6.45, 7) is 5.06. The van der Waals surface area contributed by atoms with Gasteiger partial charge in [-0.2, -0.15) is 0 Å². The Kier molecular flexibility index (Phi) is 4.72. The number of carbonyl (C=O) groups excluding carboxylic acids is 3. The van der Waals surface area contributed by atoms with E-state index in [1.54, 1.807) is 17.9 Å². The smallest absolute Gasteiger partial charge is 0.328 e. The average molecular weight is 472 g/mol. The van der Waals surface area contributed by atoms with E-state index in [2.05, 4.69) is 15.8 Å². The number of anilines is 1. The van der Waals surface area contributed by atoms with Crippen LogP contribution in [0.2, 0.25) is 0 Å². The first kappa shape index (κ1) is 21.5. The lowest BCUT2D eigenvalue weighted by molar-refractivity contribution is -0.153. The summed E-state index contributed by atoms with van der Waals surface area (Å²) in [5.41, 5.74) is -0.144. The Bertz CT molecular complexity index is 1200. The Balaban J connectivity index is 1.56. The van der Waals surface area contributed by atoms with Crippen molar-refractivity contribution in [2.45, 2.75) is 57.3 Å². The van der Waals surface area contributed by atoms with Crippen molar-refractivity contribution >= 4 is 34.5 Å². The highest BCUT2D eigenvalue weighted by Crippen LogP contribution is 2.49. The molecule has 3 unspecified atom stereocenters. The molecular formula is C23H25FN4O6. The van der Waals surface area contributed by atoms with E-state index in [1.807, 2.05) is 6.92 Å². The zero-order valence-corrected chi connectivity index (χ0v) is 18.9. The number of benzene rings is 1. The fraction of sp³-hybridized carbons (Fsp3) is 0.565. The minimum Gasteiger partial charge on any atom is -0.381 e. The number of hydrogen-bond donors (Lipinski definition) is 2. The monoisotopic (exact) mass is 472 g/mol. The first-order valence-electron chi connectivity index (χ1n) is 11.6. The second-order valence-electron chi connectivity index (χ2n) is 9.66. The predicted octanol–water partition coefficient (Wildman–Crippen LogP) is 1.75. The second kappa shape index (κ2) is 7.47. The third-order valence-corrected chi connectivity index (χ3v) is 7.60. The van der Waals surface area contributed by atoms with Gasteiger partial charge in [0.2, 0.25) is 17.4 Å². The number of nitrogens with one attached hydrogen (secondary N) is 2. The zero-order chi connectivity index (χ0) is 23.8. The van der Waals surface area contributed by atoms with Crippen LogP contribution in [-0.2, 0) is 25.5 Å². The molecule has 2 aromatic rings. The van der Waals surface area contributed by atoms with E-state index >= 15 is 4.39 Å². The minimum atomic E-state index is -1.66. The molecule has 4 amide bonds. The molecule has 0 aliphatic carbocycles. The lowest BCUT2D eigenvalue weighted by atomic mass is 9.66. The van der Waals surface area contributed by atoms with E-state index in [9.17, 15) is 14.4 Å². The molecule has 3 fully saturated rings. The predicted molar refractivity (Wildman–Crippen MR) is 116 cm³/mol. The number of ether oxygens (including phenoxy) is 2. The third kappa shape index (κ3) is 2.86. The van der Waals surface area contributed by atoms with Gasteiger partial charge in [-0.25, -0.2) is 9.18 Å². The van der Waals surface area contributed by atoms with Crippen molar-refractivity contribution < 1.29 is 32.8 Å². The van der Waals surface area contributed by atoms with Gasteiger partial charge in [0.15, 0.2) is 11.2 Å². The van der Waals surface area contributed by atoms with Gasteiger partial charge in [-0.15, -0.1) is 0 Å². The number of aromatic nitrogens is 1. The fourth-order valence-electron chi connectivity index (χ4n) is 6.23. The standard InChI is InChI=1S/C23H25FN4O6/c1-10-9-28-17-13(7-14-16(12-3-5-32-6-4-12)27-34-18(14)15(17)24)8-23(19(28)11(2)33-10)20(29)25-22(31)26-21(23)30/h7,10-12,19H,3-6,8-9H2,1-2H3,(H2,25,26,29,30,31). The molecule has 0 saturated carbocycles. The number of amides is 4. The van der Waals surface area contributed by atoms with Crippen LogP contribution >= 0.6 is 0 Å². The van der Waals surface area contributed by atoms with Gasteiger partial charge in [0.05, 0.1) is 29.6 Å². The number of imide groups is 2. The van der Waals surface area contributed by atoms with Crippen molar-refractivity contribution in [3.63, 3.8) is 0 Å². The van der Waals surface area contributed by atoms with Crippen molar-refractivity contribution in [3.8, 4) is 0 Å². The highest BCUT2D eigenvalue weighted by molar-refractivity contribution is 6.20. The third-order valence-electron chi connectivity index (χ3n) is 7.60. The number of urea groups is 1. The van der Waals surface area contributed by atoms with Gasteiger partial charge in [0, 0.05) is 37.5 Å². The molecule has 3 atom stereocenters. The van der Waals surface area contributed by atoms with E-state index in [-0.39, 0.29) is 36.3 Å². The number of barbiturate groups is 1. The number of halogens is 1. The Labute approximate surface area is 194 Å². The van der Waals surface area contributed by atoms with Crippen LogP contribution in [0.1, 0.15) is 43.9 Å². The number of carbonyl (C=O) groups is 3. The molecular weight excluding hydrogens is 447 g/mol. The molecule has 2 N–H and O–H groups in total. The van der Waals surface area contributed by atoms with Crippen molar-refractivity contribution in [1.29, 1.82) is 0 Å². The molecule has 10 nitrogen and oxygen atoms in total. The molecule has 11 heteroatoms. The number of fused-ring (bicyclic) bond motifs is 5. The maximum Gasteiger partial charge on any atom is 0.328 e. The van der Waals surface area contributed by atoms with E-state index in [0.717, 1.165) is 12.8 Å². The van der Waals surface area contributed by atoms with Gasteiger partial charge in [-0.1, -0.05) is 5.16 Å². The van der Waals surface area contributed by atoms with Crippen LogP contribution in [0, 0.1) is 11.2 Å². The van der Waals surface area contributed by atoms with Crippen LogP contribution < -0.4 is 15.5 Å². The van der Waals surface area contributed by atoms with Gasteiger partial charge in [0.25, 0.3) is 0 Å². The molecule has 1 aromatic carbocycles. The Hall–Kier alpha value is -3.05. The SMILES string of the molecule is CC1CN2c3c(cc4c(C5CCOCC5)noc4c3F)CC3(C(=O)NC(=O)NC3=O)C2C(C)O1. The van der Waals surface area contributed by atoms with Crippen LogP contribution in [0.3, 0.4) is 0 Å². The van der Waals surface area contributed by atoms with E-state index in [4.69, 9.17) is 14.0 Å². The molecule has 6 rings (SSSR count).